The van der Waals surface area contributed by atoms with Crippen molar-refractivity contribution < 1.29 is 9.53 Å². The molecule has 2 aliphatic rings. The van der Waals surface area contributed by atoms with Gasteiger partial charge in [0.25, 0.3) is 0 Å². The van der Waals surface area contributed by atoms with Crippen LogP contribution in [0, 0.1) is 13.8 Å². The van der Waals surface area contributed by atoms with Gasteiger partial charge in [-0.3, -0.25) is 14.6 Å². The largest absolute Gasteiger partial charge is 0.491 e. The fraction of sp³-hybridized carbons (Fsp3) is 0.450. The number of rotatable bonds is 3. The maximum atomic E-state index is 12.6. The number of hydrogen-bond acceptors (Lipinski definition) is 6. The lowest BCUT2D eigenvalue weighted by atomic mass is 10.2. The molecule has 0 radical (unpaired) electrons. The molecule has 142 valence electrons. The van der Waals surface area contributed by atoms with Crippen LogP contribution in [-0.2, 0) is 4.79 Å². The van der Waals surface area contributed by atoms with E-state index in [9.17, 15) is 4.79 Å². The molecule has 0 aliphatic carbocycles. The molecule has 1 amide bonds. The second-order valence-electron chi connectivity index (χ2n) is 7.05. The molecule has 2 aliphatic heterocycles. The Morgan fingerprint density at radius 3 is 2.63 bits per heavy atom. The van der Waals surface area contributed by atoms with E-state index >= 15 is 0 Å². The molecular formula is C20H25N5O2. The van der Waals surface area contributed by atoms with Crippen LogP contribution in [0.25, 0.3) is 0 Å². The van der Waals surface area contributed by atoms with E-state index in [2.05, 4.69) is 19.8 Å². The molecule has 2 aromatic rings. The van der Waals surface area contributed by atoms with Gasteiger partial charge in [0.1, 0.15) is 17.4 Å². The van der Waals surface area contributed by atoms with Gasteiger partial charge in [-0.15, -0.1) is 0 Å². The Morgan fingerprint density at radius 1 is 1.07 bits per heavy atom. The van der Waals surface area contributed by atoms with Gasteiger partial charge in [-0.1, -0.05) is 12.1 Å². The standard InChI is InChI=1S/C20H25N5O2/c1-15-13-19(22-16(2)21-15)24-10-8-23(9-11-24)14-25-17-5-3-4-6-18(17)27-12-7-20(25)26/h3-6,13H,7-12,14H2,1-2H3. The van der Waals surface area contributed by atoms with Gasteiger partial charge in [0, 0.05) is 37.9 Å². The molecule has 0 unspecified atom stereocenters. The number of anilines is 2. The number of fused-ring (bicyclic) bond motifs is 1. The zero-order valence-electron chi connectivity index (χ0n) is 15.9. The third-order valence-corrected chi connectivity index (χ3v) is 5.02. The Balaban J connectivity index is 1.44. The third kappa shape index (κ3) is 3.88. The van der Waals surface area contributed by atoms with Crippen molar-refractivity contribution in [3.8, 4) is 5.75 Å². The van der Waals surface area contributed by atoms with Crippen LogP contribution in [0.3, 0.4) is 0 Å². The maximum Gasteiger partial charge on any atom is 0.231 e. The minimum atomic E-state index is 0.115. The Labute approximate surface area is 159 Å². The van der Waals surface area contributed by atoms with E-state index in [0.717, 1.165) is 55.0 Å². The first-order valence-corrected chi connectivity index (χ1v) is 9.42. The summed E-state index contributed by atoms with van der Waals surface area (Å²) in [5, 5.41) is 0. The highest BCUT2D eigenvalue weighted by Gasteiger charge is 2.27. The number of amides is 1. The summed E-state index contributed by atoms with van der Waals surface area (Å²) in [6.07, 6.45) is 0.411. The van der Waals surface area contributed by atoms with E-state index in [4.69, 9.17) is 4.74 Å². The van der Waals surface area contributed by atoms with E-state index in [1.54, 1.807) is 0 Å². The molecule has 1 fully saturated rings. The minimum absolute atomic E-state index is 0.115. The molecule has 0 bridgehead atoms. The number of nitrogens with zero attached hydrogens (tertiary/aromatic N) is 5. The molecule has 1 aromatic carbocycles. The molecule has 7 nitrogen and oxygen atoms in total. The molecule has 1 aromatic heterocycles. The zero-order valence-corrected chi connectivity index (χ0v) is 15.9. The molecule has 0 saturated carbocycles. The summed E-state index contributed by atoms with van der Waals surface area (Å²) in [5.74, 6) is 2.70. The van der Waals surface area contributed by atoms with E-state index in [1.165, 1.54) is 0 Å². The summed E-state index contributed by atoms with van der Waals surface area (Å²) in [5.41, 5.74) is 1.86. The molecular weight excluding hydrogens is 342 g/mol. The fourth-order valence-corrected chi connectivity index (χ4v) is 3.65. The molecule has 0 N–H and O–H groups in total. The number of para-hydroxylation sites is 2. The zero-order chi connectivity index (χ0) is 18.8. The van der Waals surface area contributed by atoms with Gasteiger partial charge in [-0.2, -0.15) is 0 Å². The van der Waals surface area contributed by atoms with Crippen LogP contribution in [-0.4, -0.2) is 60.2 Å². The van der Waals surface area contributed by atoms with Gasteiger partial charge in [-0.05, 0) is 26.0 Å². The Bertz CT molecular complexity index is 813. The van der Waals surface area contributed by atoms with Crippen molar-refractivity contribution in [3.63, 3.8) is 0 Å². The maximum absolute atomic E-state index is 12.6. The number of piperazine rings is 1. The van der Waals surface area contributed by atoms with E-state index < -0.39 is 0 Å². The molecule has 7 heteroatoms. The summed E-state index contributed by atoms with van der Waals surface area (Å²) in [4.78, 5) is 28.0. The topological polar surface area (TPSA) is 61.8 Å². The second kappa shape index (κ2) is 7.52. The first kappa shape index (κ1) is 17.7. The van der Waals surface area contributed by atoms with Crippen molar-refractivity contribution >= 4 is 17.4 Å². The number of carbonyl (C=O) groups is 1. The van der Waals surface area contributed by atoms with Gasteiger partial charge in [0.05, 0.1) is 25.4 Å². The van der Waals surface area contributed by atoms with Gasteiger partial charge in [0.2, 0.25) is 5.91 Å². The summed E-state index contributed by atoms with van der Waals surface area (Å²) in [6, 6.07) is 9.82. The third-order valence-electron chi connectivity index (χ3n) is 5.02. The van der Waals surface area contributed by atoms with Crippen molar-refractivity contribution in [1.29, 1.82) is 0 Å². The number of ether oxygens (including phenoxy) is 1. The van der Waals surface area contributed by atoms with Crippen LogP contribution < -0.4 is 14.5 Å². The Hall–Kier alpha value is -2.67. The highest BCUT2D eigenvalue weighted by molar-refractivity contribution is 5.95. The van der Waals surface area contributed by atoms with Crippen molar-refractivity contribution in [2.75, 3.05) is 49.3 Å². The summed E-state index contributed by atoms with van der Waals surface area (Å²) in [7, 11) is 0. The van der Waals surface area contributed by atoms with E-state index in [0.29, 0.717) is 19.7 Å². The van der Waals surface area contributed by atoms with Crippen LogP contribution >= 0.6 is 0 Å². The number of aryl methyl sites for hydroxylation is 2. The molecule has 0 spiro atoms. The molecule has 1 saturated heterocycles. The van der Waals surface area contributed by atoms with Crippen molar-refractivity contribution in [2.45, 2.75) is 20.3 Å². The van der Waals surface area contributed by atoms with Crippen LogP contribution in [0.5, 0.6) is 5.75 Å². The van der Waals surface area contributed by atoms with Crippen molar-refractivity contribution in [2.24, 2.45) is 0 Å². The van der Waals surface area contributed by atoms with E-state index in [-0.39, 0.29) is 5.91 Å². The minimum Gasteiger partial charge on any atom is -0.491 e. The lowest BCUT2D eigenvalue weighted by molar-refractivity contribution is -0.119. The summed E-state index contributed by atoms with van der Waals surface area (Å²) >= 11 is 0. The summed E-state index contributed by atoms with van der Waals surface area (Å²) < 4.78 is 5.73. The summed E-state index contributed by atoms with van der Waals surface area (Å²) in [6.45, 7) is 8.49. The van der Waals surface area contributed by atoms with Crippen LogP contribution in [0.4, 0.5) is 11.5 Å². The van der Waals surface area contributed by atoms with Crippen molar-refractivity contribution in [3.05, 3.63) is 41.9 Å². The monoisotopic (exact) mass is 367 g/mol. The molecule has 27 heavy (non-hydrogen) atoms. The smallest absolute Gasteiger partial charge is 0.231 e. The predicted octanol–water partition coefficient (Wildman–Crippen LogP) is 1.99. The lowest BCUT2D eigenvalue weighted by Crippen LogP contribution is -2.51. The fourth-order valence-electron chi connectivity index (χ4n) is 3.65. The Morgan fingerprint density at radius 2 is 1.85 bits per heavy atom. The number of carbonyl (C=O) groups excluding carboxylic acids is 1. The Kier molecular flexibility index (Phi) is 4.94. The average molecular weight is 367 g/mol. The van der Waals surface area contributed by atoms with Gasteiger partial charge >= 0.3 is 0 Å². The highest BCUT2D eigenvalue weighted by Crippen LogP contribution is 2.31. The number of aromatic nitrogens is 2. The van der Waals surface area contributed by atoms with Crippen LogP contribution in [0.15, 0.2) is 30.3 Å². The first-order valence-electron chi connectivity index (χ1n) is 9.42. The first-order chi connectivity index (χ1) is 13.1. The number of hydrogen-bond donors (Lipinski definition) is 0. The average Bonchev–Trinajstić information content (AvgIpc) is 2.81. The predicted molar refractivity (Wildman–Crippen MR) is 104 cm³/mol. The second-order valence-corrected chi connectivity index (χ2v) is 7.05. The van der Waals surface area contributed by atoms with Gasteiger partial charge < -0.3 is 9.64 Å². The molecule has 0 atom stereocenters. The normalized spacial score (nSPS) is 18.1. The molecule has 4 rings (SSSR count). The SMILES string of the molecule is Cc1cc(N2CCN(CN3C(=O)CCOc4ccccc43)CC2)nc(C)n1. The highest BCUT2D eigenvalue weighted by atomic mass is 16.5. The van der Waals surface area contributed by atoms with Crippen LogP contribution in [0.2, 0.25) is 0 Å². The van der Waals surface area contributed by atoms with Crippen LogP contribution in [0.1, 0.15) is 17.9 Å². The van der Waals surface area contributed by atoms with E-state index in [1.807, 2.05) is 49.1 Å². The van der Waals surface area contributed by atoms with Crippen molar-refractivity contribution in [1.82, 2.24) is 14.9 Å². The lowest BCUT2D eigenvalue weighted by Gasteiger charge is -2.38. The van der Waals surface area contributed by atoms with Gasteiger partial charge in [0.15, 0.2) is 0 Å². The van der Waals surface area contributed by atoms with Gasteiger partial charge in [-0.25, -0.2) is 9.97 Å². The quantitative estimate of drug-likeness (QED) is 0.827. The molecule has 3 heterocycles. The number of benzene rings is 1.